The predicted octanol–water partition coefficient (Wildman–Crippen LogP) is 2.98. The molecular formula is C9H6F3IO3. The zero-order chi connectivity index (χ0) is 12.3. The molecule has 1 aromatic carbocycles. The van der Waals surface area contributed by atoms with Gasteiger partial charge in [0.05, 0.1) is 16.2 Å². The second kappa shape index (κ2) is 4.89. The zero-order valence-electron chi connectivity index (χ0n) is 7.97. The minimum Gasteiger partial charge on any atom is -0.465 e. The van der Waals surface area contributed by atoms with Gasteiger partial charge in [0.1, 0.15) is 5.75 Å². The predicted molar refractivity (Wildman–Crippen MR) is 57.2 cm³/mol. The number of methoxy groups -OCH3 is 1. The Kier molecular flexibility index (Phi) is 4.00. The highest BCUT2D eigenvalue weighted by Gasteiger charge is 2.32. The van der Waals surface area contributed by atoms with Gasteiger partial charge in [0, 0.05) is 0 Å². The Bertz CT molecular complexity index is 403. The van der Waals surface area contributed by atoms with Gasteiger partial charge in [-0.15, -0.1) is 13.2 Å². The van der Waals surface area contributed by atoms with Gasteiger partial charge in [-0.1, -0.05) is 6.07 Å². The lowest BCUT2D eigenvalue weighted by atomic mass is 10.2. The van der Waals surface area contributed by atoms with Gasteiger partial charge < -0.3 is 9.47 Å². The van der Waals surface area contributed by atoms with Gasteiger partial charge in [0.25, 0.3) is 0 Å². The van der Waals surface area contributed by atoms with Crippen LogP contribution in [0.3, 0.4) is 0 Å². The number of carbonyl (C=O) groups is 1. The highest BCUT2D eigenvalue weighted by atomic mass is 127. The molecule has 88 valence electrons. The number of alkyl halides is 3. The van der Waals surface area contributed by atoms with Crippen molar-refractivity contribution in [3.05, 3.63) is 27.3 Å². The van der Waals surface area contributed by atoms with Crippen molar-refractivity contribution in [2.75, 3.05) is 7.11 Å². The van der Waals surface area contributed by atoms with Crippen LogP contribution in [0, 0.1) is 3.57 Å². The number of hydrogen-bond donors (Lipinski definition) is 0. The van der Waals surface area contributed by atoms with Crippen LogP contribution in [0.5, 0.6) is 5.75 Å². The molecule has 0 fully saturated rings. The maximum atomic E-state index is 12.0. The van der Waals surface area contributed by atoms with E-state index in [1.807, 2.05) is 0 Å². The third-order valence-electron chi connectivity index (χ3n) is 1.59. The quantitative estimate of drug-likeness (QED) is 0.610. The van der Waals surface area contributed by atoms with Gasteiger partial charge in [-0.05, 0) is 34.7 Å². The topological polar surface area (TPSA) is 35.5 Å². The van der Waals surface area contributed by atoms with E-state index >= 15 is 0 Å². The van der Waals surface area contributed by atoms with Crippen molar-refractivity contribution in [1.82, 2.24) is 0 Å². The lowest BCUT2D eigenvalue weighted by Crippen LogP contribution is -2.18. The van der Waals surface area contributed by atoms with Crippen molar-refractivity contribution >= 4 is 28.6 Å². The van der Waals surface area contributed by atoms with Gasteiger partial charge >= 0.3 is 12.3 Å². The molecule has 0 heterocycles. The highest BCUT2D eigenvalue weighted by molar-refractivity contribution is 14.1. The van der Waals surface area contributed by atoms with Crippen LogP contribution in [0.1, 0.15) is 10.4 Å². The molecule has 0 radical (unpaired) electrons. The smallest absolute Gasteiger partial charge is 0.465 e. The Morgan fingerprint density at radius 3 is 2.50 bits per heavy atom. The molecule has 0 N–H and O–H groups in total. The number of rotatable bonds is 2. The van der Waals surface area contributed by atoms with Gasteiger partial charge in [0.2, 0.25) is 0 Å². The van der Waals surface area contributed by atoms with Gasteiger partial charge in [-0.2, -0.15) is 0 Å². The zero-order valence-corrected chi connectivity index (χ0v) is 10.1. The van der Waals surface area contributed by atoms with Crippen LogP contribution in [0.4, 0.5) is 13.2 Å². The molecule has 0 bridgehead atoms. The Balaban J connectivity index is 3.09. The number of ether oxygens (including phenoxy) is 2. The molecule has 1 aromatic rings. The summed E-state index contributed by atoms with van der Waals surface area (Å²) in [5.74, 6) is -1.13. The third kappa shape index (κ3) is 3.26. The van der Waals surface area contributed by atoms with Crippen LogP contribution in [-0.4, -0.2) is 19.4 Å². The molecule has 0 atom stereocenters. The first kappa shape index (κ1) is 13.1. The molecular weight excluding hydrogens is 340 g/mol. The van der Waals surface area contributed by atoms with E-state index in [2.05, 4.69) is 9.47 Å². The molecule has 16 heavy (non-hydrogen) atoms. The van der Waals surface area contributed by atoms with Crippen LogP contribution in [0.15, 0.2) is 18.2 Å². The van der Waals surface area contributed by atoms with E-state index in [1.165, 1.54) is 12.1 Å². The summed E-state index contributed by atoms with van der Waals surface area (Å²) in [6.07, 6.45) is -4.78. The monoisotopic (exact) mass is 346 g/mol. The van der Waals surface area contributed by atoms with E-state index in [9.17, 15) is 18.0 Å². The number of carbonyl (C=O) groups excluding carboxylic acids is 1. The number of halogens is 4. The average Bonchev–Trinajstić information content (AvgIpc) is 2.18. The van der Waals surface area contributed by atoms with Gasteiger partial charge in [0.15, 0.2) is 0 Å². The van der Waals surface area contributed by atoms with Gasteiger partial charge in [-0.25, -0.2) is 4.79 Å². The van der Waals surface area contributed by atoms with Crippen molar-refractivity contribution in [3.63, 3.8) is 0 Å². The standard InChI is InChI=1S/C9H6F3IO3/c1-15-8(14)5-3-2-4-6(7(5)13)16-9(10,11)12/h2-4H,1H3. The van der Waals surface area contributed by atoms with Crippen molar-refractivity contribution in [2.24, 2.45) is 0 Å². The molecule has 0 aliphatic carbocycles. The van der Waals surface area contributed by atoms with E-state index in [-0.39, 0.29) is 9.13 Å². The van der Waals surface area contributed by atoms with Crippen molar-refractivity contribution in [3.8, 4) is 5.75 Å². The minimum absolute atomic E-state index is 0.0323. The first-order valence-corrected chi connectivity index (χ1v) is 5.05. The Morgan fingerprint density at radius 2 is 2.00 bits per heavy atom. The fraction of sp³-hybridized carbons (Fsp3) is 0.222. The third-order valence-corrected chi connectivity index (χ3v) is 2.71. The van der Waals surface area contributed by atoms with E-state index in [1.54, 1.807) is 22.6 Å². The summed E-state index contributed by atoms with van der Waals surface area (Å²) in [7, 11) is 1.15. The molecule has 0 amide bonds. The van der Waals surface area contributed by atoms with Gasteiger partial charge in [-0.3, -0.25) is 0 Å². The fourth-order valence-corrected chi connectivity index (χ4v) is 1.67. The van der Waals surface area contributed by atoms with E-state index in [0.29, 0.717) is 0 Å². The normalized spacial score (nSPS) is 11.1. The Morgan fingerprint density at radius 1 is 1.38 bits per heavy atom. The first-order chi connectivity index (χ1) is 7.35. The molecule has 0 saturated carbocycles. The van der Waals surface area contributed by atoms with Crippen molar-refractivity contribution < 1.29 is 27.4 Å². The molecule has 0 aromatic heterocycles. The maximum absolute atomic E-state index is 12.0. The lowest BCUT2D eigenvalue weighted by Gasteiger charge is -2.12. The number of hydrogen-bond acceptors (Lipinski definition) is 3. The van der Waals surface area contributed by atoms with E-state index in [0.717, 1.165) is 13.2 Å². The number of benzene rings is 1. The molecule has 7 heteroatoms. The average molecular weight is 346 g/mol. The van der Waals surface area contributed by atoms with E-state index < -0.39 is 18.1 Å². The summed E-state index contributed by atoms with van der Waals surface area (Å²) < 4.78 is 44.2. The largest absolute Gasteiger partial charge is 0.573 e. The van der Waals surface area contributed by atoms with Crippen LogP contribution in [0.25, 0.3) is 0 Å². The molecule has 1 rings (SSSR count). The van der Waals surface area contributed by atoms with Crippen LogP contribution >= 0.6 is 22.6 Å². The summed E-state index contributed by atoms with van der Waals surface area (Å²) in [5, 5.41) is 0. The molecule has 0 saturated heterocycles. The summed E-state index contributed by atoms with van der Waals surface area (Å²) in [6.45, 7) is 0. The second-order valence-electron chi connectivity index (χ2n) is 2.66. The first-order valence-electron chi connectivity index (χ1n) is 3.97. The molecule has 3 nitrogen and oxygen atoms in total. The molecule has 0 spiro atoms. The summed E-state index contributed by atoms with van der Waals surface area (Å²) in [6, 6.07) is 3.77. The lowest BCUT2D eigenvalue weighted by molar-refractivity contribution is -0.275. The summed E-state index contributed by atoms with van der Waals surface area (Å²) in [5.41, 5.74) is 0.0323. The summed E-state index contributed by atoms with van der Waals surface area (Å²) in [4.78, 5) is 11.2. The SMILES string of the molecule is COC(=O)c1cccc(OC(F)(F)F)c1I. The van der Waals surface area contributed by atoms with E-state index in [4.69, 9.17) is 0 Å². The second-order valence-corrected chi connectivity index (χ2v) is 3.74. The minimum atomic E-state index is -4.78. The molecule has 0 unspecified atom stereocenters. The molecule has 0 aliphatic rings. The maximum Gasteiger partial charge on any atom is 0.573 e. The Hall–Kier alpha value is -0.990. The van der Waals surface area contributed by atoms with Crippen LogP contribution in [0.2, 0.25) is 0 Å². The molecule has 0 aliphatic heterocycles. The van der Waals surface area contributed by atoms with Crippen molar-refractivity contribution in [1.29, 1.82) is 0 Å². The summed E-state index contributed by atoms with van der Waals surface area (Å²) >= 11 is 1.59. The van der Waals surface area contributed by atoms with Crippen LogP contribution in [-0.2, 0) is 4.74 Å². The number of esters is 1. The fourth-order valence-electron chi connectivity index (χ4n) is 0.982. The Labute approximate surface area is 103 Å². The highest BCUT2D eigenvalue weighted by Crippen LogP contribution is 2.29. The van der Waals surface area contributed by atoms with Crippen molar-refractivity contribution in [2.45, 2.75) is 6.36 Å². The van der Waals surface area contributed by atoms with Crippen LogP contribution < -0.4 is 4.74 Å².